The molecular formula is C51H73N15O9. The van der Waals surface area contributed by atoms with Crippen LogP contribution in [0.5, 0.6) is 0 Å². The molecule has 3 unspecified atom stereocenters. The molecule has 3 heterocycles. The van der Waals surface area contributed by atoms with Crippen molar-refractivity contribution in [2.75, 3.05) is 19.6 Å². The Bertz CT molecular complexity index is 2550. The van der Waals surface area contributed by atoms with E-state index in [0.717, 1.165) is 30.3 Å². The van der Waals surface area contributed by atoms with Gasteiger partial charge < -0.3 is 69.7 Å². The fourth-order valence-corrected chi connectivity index (χ4v) is 7.92. The molecule has 5 rings (SSSR count). The molecule has 9 amide bonds. The molecule has 406 valence electrons. The van der Waals surface area contributed by atoms with Crippen LogP contribution in [0.1, 0.15) is 95.4 Å². The van der Waals surface area contributed by atoms with Gasteiger partial charge in [0.2, 0.25) is 53.2 Å². The number of rotatable bonds is 16. The van der Waals surface area contributed by atoms with Crippen LogP contribution in [0, 0.1) is 0 Å². The number of hydrogen-bond donors (Lipinski definition) is 13. The first-order valence-electron chi connectivity index (χ1n) is 25.2. The number of fused-ring (bicyclic) bond motifs is 1. The zero-order valence-electron chi connectivity index (χ0n) is 42.8. The summed E-state index contributed by atoms with van der Waals surface area (Å²) in [5, 5.41) is 22.0. The Labute approximate surface area is 435 Å². The molecule has 16 N–H and O–H groups in total. The van der Waals surface area contributed by atoms with E-state index in [1.165, 1.54) is 19.4 Å². The first-order chi connectivity index (χ1) is 36.0. The van der Waals surface area contributed by atoms with Crippen molar-refractivity contribution < 1.29 is 43.2 Å². The summed E-state index contributed by atoms with van der Waals surface area (Å²) in [6, 6.07) is 8.35. The van der Waals surface area contributed by atoms with Gasteiger partial charge in [-0.25, -0.2) is 4.98 Å². The molecule has 0 radical (unpaired) electrons. The molecule has 6 atom stereocenters. The Morgan fingerprint density at radius 2 is 1.35 bits per heavy atom. The van der Waals surface area contributed by atoms with Crippen LogP contribution in [0.2, 0.25) is 0 Å². The lowest BCUT2D eigenvalue weighted by molar-refractivity contribution is -0.136. The lowest BCUT2D eigenvalue weighted by atomic mass is 10.0. The van der Waals surface area contributed by atoms with Gasteiger partial charge in [-0.05, 0) is 49.3 Å². The van der Waals surface area contributed by atoms with Crippen molar-refractivity contribution in [2.45, 2.75) is 134 Å². The molecule has 0 bridgehead atoms. The highest BCUT2D eigenvalue weighted by Crippen LogP contribution is 2.20. The standard InChI is InChI=1S/C46H60N12O9.C5H13N3/c1-3-4-15-34-42(63)57-36(20-29-23-51-32-16-9-8-14-31(29)32)44(65)54-33(41(47)62)17-10-11-18-49-39(60)22-38(53-40(61)25-50-27(2)59)46(67)58-37(21-30-24-48-26-52-30)45(66)56-35(43(64)55-34)19-28-12-6-5-7-13-28;1-2-3-4-8-5(6)7/h5-9,12-14,16,23-24,26,33-38,51H,3-4,10-11,15,17-22,25H2,1-2H3,(H2,47,62)(H,48,52)(H,49,60)(H,50,59)(H,53,61)(H,54,65)(H,55,64)(H,56,66)(H,57,63)(H,58,67);2-4H2,1H3,(H4,6,7,8)/t33?,34-,35?,36-,37-,38?;/m0./s1. The molecule has 1 aliphatic heterocycles. The van der Waals surface area contributed by atoms with Crippen molar-refractivity contribution in [3.8, 4) is 0 Å². The summed E-state index contributed by atoms with van der Waals surface area (Å²) in [5.74, 6) is -6.46. The zero-order chi connectivity index (χ0) is 54.7. The molecule has 1 aliphatic rings. The van der Waals surface area contributed by atoms with Crippen molar-refractivity contribution in [3.63, 3.8) is 0 Å². The van der Waals surface area contributed by atoms with Gasteiger partial charge in [-0.2, -0.15) is 0 Å². The number of H-pyrrole nitrogens is 2. The van der Waals surface area contributed by atoms with Crippen LogP contribution < -0.4 is 59.7 Å². The first-order valence-corrected chi connectivity index (χ1v) is 25.2. The van der Waals surface area contributed by atoms with Crippen LogP contribution in [-0.2, 0) is 62.4 Å². The molecule has 2 aromatic heterocycles. The number of aromatic amines is 2. The number of aliphatic imine (C=N–C) groups is 1. The SMILES string of the molecule is CCCCN=C(N)N.CCCC[C@@H]1NC(=O)C(Cc2ccccc2)NC(=O)[C@H](Cc2cnc[nH]2)NC(=O)C(NC(=O)CNC(C)=O)CC(=O)NCCCCC(C(N)=O)NC(=O)[C@H](Cc2c[nH]c3ccccc23)NC1=O. The highest BCUT2D eigenvalue weighted by Gasteiger charge is 2.34. The maximum Gasteiger partial charge on any atom is 0.243 e. The van der Waals surface area contributed by atoms with Gasteiger partial charge in [-0.3, -0.25) is 48.1 Å². The third kappa shape index (κ3) is 21.0. The average Bonchev–Trinajstić information content (AvgIpc) is 4.05. The minimum atomic E-state index is -1.53. The van der Waals surface area contributed by atoms with Gasteiger partial charge in [0.1, 0.15) is 36.3 Å². The summed E-state index contributed by atoms with van der Waals surface area (Å²) in [7, 11) is 0. The maximum atomic E-state index is 14.5. The number of benzene rings is 2. The number of nitrogens with one attached hydrogen (secondary N) is 10. The van der Waals surface area contributed by atoms with Gasteiger partial charge in [0.25, 0.3) is 0 Å². The third-order valence-corrected chi connectivity index (χ3v) is 12.0. The molecule has 24 nitrogen and oxygen atoms in total. The van der Waals surface area contributed by atoms with Crippen LogP contribution in [0.4, 0.5) is 0 Å². The molecule has 75 heavy (non-hydrogen) atoms. The second-order valence-corrected chi connectivity index (χ2v) is 18.1. The predicted octanol–water partition coefficient (Wildman–Crippen LogP) is -0.611. The number of carbonyl (C=O) groups excluding carboxylic acids is 9. The average molecular weight is 1040 g/mol. The van der Waals surface area contributed by atoms with Crippen molar-refractivity contribution in [1.29, 1.82) is 0 Å². The smallest absolute Gasteiger partial charge is 0.243 e. The van der Waals surface area contributed by atoms with E-state index in [9.17, 15) is 43.2 Å². The highest BCUT2D eigenvalue weighted by atomic mass is 16.2. The lowest BCUT2D eigenvalue weighted by Gasteiger charge is -2.27. The number of nitrogens with two attached hydrogens (primary N) is 3. The van der Waals surface area contributed by atoms with Gasteiger partial charge in [0, 0.05) is 68.3 Å². The van der Waals surface area contributed by atoms with Crippen molar-refractivity contribution in [3.05, 3.63) is 90.1 Å². The number of aromatic nitrogens is 3. The van der Waals surface area contributed by atoms with E-state index in [2.05, 4.69) is 69.4 Å². The molecule has 0 saturated carbocycles. The summed E-state index contributed by atoms with van der Waals surface area (Å²) in [6.07, 6.45) is 7.93. The molecule has 4 aromatic rings. The quantitative estimate of drug-likeness (QED) is 0.0380. The first kappa shape index (κ1) is 59.3. The van der Waals surface area contributed by atoms with E-state index in [1.54, 1.807) is 36.5 Å². The van der Waals surface area contributed by atoms with Gasteiger partial charge >= 0.3 is 0 Å². The van der Waals surface area contributed by atoms with Gasteiger partial charge in [0.15, 0.2) is 5.96 Å². The maximum absolute atomic E-state index is 14.5. The monoisotopic (exact) mass is 1040 g/mol. The summed E-state index contributed by atoms with van der Waals surface area (Å²) < 4.78 is 0. The minimum absolute atomic E-state index is 0.00162. The normalized spacial score (nSPS) is 20.5. The van der Waals surface area contributed by atoms with Crippen LogP contribution in [-0.4, -0.2) is 130 Å². The Hall–Kier alpha value is -8.31. The molecule has 24 heteroatoms. The predicted molar refractivity (Wildman–Crippen MR) is 280 cm³/mol. The number of amides is 9. The van der Waals surface area contributed by atoms with E-state index in [-0.39, 0.29) is 44.6 Å². The van der Waals surface area contributed by atoms with Crippen LogP contribution in [0.3, 0.4) is 0 Å². The number of unbranched alkanes of at least 4 members (excludes halogenated alkanes) is 2. The number of carbonyl (C=O) groups is 9. The van der Waals surface area contributed by atoms with E-state index >= 15 is 0 Å². The highest BCUT2D eigenvalue weighted by molar-refractivity contribution is 5.98. The summed E-state index contributed by atoms with van der Waals surface area (Å²) in [4.78, 5) is 136. The Morgan fingerprint density at radius 3 is 2.00 bits per heavy atom. The van der Waals surface area contributed by atoms with Crippen molar-refractivity contribution >= 4 is 70.0 Å². The third-order valence-electron chi connectivity index (χ3n) is 12.0. The van der Waals surface area contributed by atoms with E-state index in [4.69, 9.17) is 17.2 Å². The number of hydrogen-bond acceptors (Lipinski definition) is 11. The molecule has 2 aromatic carbocycles. The summed E-state index contributed by atoms with van der Waals surface area (Å²) in [5.41, 5.74) is 18.5. The lowest BCUT2D eigenvalue weighted by Crippen LogP contribution is -2.60. The molecular weight excluding hydrogens is 967 g/mol. The van der Waals surface area contributed by atoms with Crippen LogP contribution >= 0.6 is 0 Å². The fraction of sp³-hybridized carbons (Fsp3) is 0.471. The van der Waals surface area contributed by atoms with Gasteiger partial charge in [0.05, 0.1) is 19.3 Å². The Balaban J connectivity index is 0.00000140. The molecule has 0 aliphatic carbocycles. The van der Waals surface area contributed by atoms with Crippen molar-refractivity contribution in [2.24, 2.45) is 22.2 Å². The van der Waals surface area contributed by atoms with E-state index < -0.39 is 102 Å². The molecule has 0 spiro atoms. The van der Waals surface area contributed by atoms with Crippen molar-refractivity contribution in [1.82, 2.24) is 57.5 Å². The largest absolute Gasteiger partial charge is 0.370 e. The number of nitrogens with zero attached hydrogens (tertiary/aromatic N) is 2. The molecule has 1 fully saturated rings. The fourth-order valence-electron chi connectivity index (χ4n) is 7.92. The van der Waals surface area contributed by atoms with Gasteiger partial charge in [-0.15, -0.1) is 0 Å². The number of imidazole rings is 1. The molecule has 1 saturated heterocycles. The Kier molecular flexibility index (Phi) is 24.7. The summed E-state index contributed by atoms with van der Waals surface area (Å²) in [6.45, 7) is 5.53. The summed E-state index contributed by atoms with van der Waals surface area (Å²) >= 11 is 0. The van der Waals surface area contributed by atoms with Crippen LogP contribution in [0.25, 0.3) is 10.9 Å². The number of para-hydroxylation sites is 1. The second kappa shape index (κ2) is 31.3. The topological polar surface area (TPSA) is 385 Å². The van der Waals surface area contributed by atoms with E-state index in [1.807, 2.05) is 31.2 Å². The minimum Gasteiger partial charge on any atom is -0.370 e. The number of guanidine groups is 1. The van der Waals surface area contributed by atoms with Gasteiger partial charge in [-0.1, -0.05) is 81.6 Å². The Morgan fingerprint density at radius 1 is 0.720 bits per heavy atom. The van der Waals surface area contributed by atoms with E-state index in [0.29, 0.717) is 42.5 Å². The second-order valence-electron chi connectivity index (χ2n) is 18.1. The van der Waals surface area contributed by atoms with Crippen LogP contribution in [0.15, 0.2) is 78.3 Å². The zero-order valence-corrected chi connectivity index (χ0v) is 42.8. The number of primary amides is 1.